The molecule has 31 heavy (non-hydrogen) atoms. The number of hydrogen-bond acceptors (Lipinski definition) is 7. The molecule has 0 bridgehead atoms. The number of carbonyl (C=O) groups is 2. The highest BCUT2D eigenvalue weighted by Gasteiger charge is 2.14. The fourth-order valence-corrected chi connectivity index (χ4v) is 2.85. The molecule has 3 aromatic rings. The standard InChI is InChI=1S/C23H25N3O5/c1-14-5-6-19(11-15(14)2)16(3)24-22(27)13-30-23(28)18-7-9-20(10-8-18)29-12-21-25-17(4)31-26-21/h5-11,16H,12-13H2,1-4H3,(H,24,27). The van der Waals surface area contributed by atoms with E-state index in [1.54, 1.807) is 31.2 Å². The molecule has 162 valence electrons. The Morgan fingerprint density at radius 1 is 1.06 bits per heavy atom. The zero-order valence-corrected chi connectivity index (χ0v) is 18.0. The highest BCUT2D eigenvalue weighted by Crippen LogP contribution is 2.17. The average Bonchev–Trinajstić information content (AvgIpc) is 3.18. The Morgan fingerprint density at radius 2 is 1.81 bits per heavy atom. The number of benzene rings is 2. The third-order valence-electron chi connectivity index (χ3n) is 4.77. The van der Waals surface area contributed by atoms with Crippen molar-refractivity contribution in [3.63, 3.8) is 0 Å². The van der Waals surface area contributed by atoms with Gasteiger partial charge in [0.15, 0.2) is 13.2 Å². The van der Waals surface area contributed by atoms with Crippen LogP contribution in [0.25, 0.3) is 0 Å². The number of amides is 1. The second-order valence-electron chi connectivity index (χ2n) is 7.25. The van der Waals surface area contributed by atoms with Crippen molar-refractivity contribution in [1.82, 2.24) is 15.5 Å². The quantitative estimate of drug-likeness (QED) is 0.552. The van der Waals surface area contributed by atoms with Gasteiger partial charge in [0.2, 0.25) is 11.7 Å². The highest BCUT2D eigenvalue weighted by atomic mass is 16.5. The molecular weight excluding hydrogens is 398 g/mol. The van der Waals surface area contributed by atoms with Crippen LogP contribution in [0.1, 0.15) is 51.7 Å². The van der Waals surface area contributed by atoms with E-state index in [0.29, 0.717) is 23.0 Å². The summed E-state index contributed by atoms with van der Waals surface area (Å²) in [4.78, 5) is 28.4. The summed E-state index contributed by atoms with van der Waals surface area (Å²) in [6.07, 6.45) is 0. The van der Waals surface area contributed by atoms with E-state index in [1.807, 2.05) is 39.0 Å². The summed E-state index contributed by atoms with van der Waals surface area (Å²) in [7, 11) is 0. The van der Waals surface area contributed by atoms with Gasteiger partial charge < -0.3 is 19.3 Å². The normalized spacial score (nSPS) is 11.6. The number of ether oxygens (including phenoxy) is 2. The van der Waals surface area contributed by atoms with Crippen LogP contribution in [0.5, 0.6) is 5.75 Å². The van der Waals surface area contributed by atoms with E-state index in [1.165, 1.54) is 5.56 Å². The van der Waals surface area contributed by atoms with Gasteiger partial charge in [0.1, 0.15) is 5.75 Å². The molecule has 0 fully saturated rings. The Kier molecular flexibility index (Phi) is 7.02. The van der Waals surface area contributed by atoms with Crippen LogP contribution >= 0.6 is 0 Å². The van der Waals surface area contributed by atoms with Gasteiger partial charge in [-0.15, -0.1) is 0 Å². The maximum atomic E-state index is 12.2. The number of nitrogens with zero attached hydrogens (tertiary/aromatic N) is 2. The van der Waals surface area contributed by atoms with Crippen molar-refractivity contribution in [2.24, 2.45) is 0 Å². The third-order valence-corrected chi connectivity index (χ3v) is 4.77. The maximum absolute atomic E-state index is 12.2. The first kappa shape index (κ1) is 22.0. The van der Waals surface area contributed by atoms with Crippen LogP contribution < -0.4 is 10.1 Å². The fraction of sp³-hybridized carbons (Fsp3) is 0.304. The Balaban J connectivity index is 1.46. The topological polar surface area (TPSA) is 104 Å². The molecule has 1 atom stereocenters. The van der Waals surface area contributed by atoms with E-state index in [4.69, 9.17) is 14.0 Å². The van der Waals surface area contributed by atoms with Crippen molar-refractivity contribution in [3.05, 3.63) is 76.4 Å². The van der Waals surface area contributed by atoms with E-state index in [9.17, 15) is 9.59 Å². The summed E-state index contributed by atoms with van der Waals surface area (Å²) in [6.45, 7) is 7.44. The van der Waals surface area contributed by atoms with Crippen LogP contribution in [0, 0.1) is 20.8 Å². The van der Waals surface area contributed by atoms with Gasteiger partial charge in [0, 0.05) is 6.92 Å². The molecule has 0 saturated heterocycles. The second-order valence-corrected chi connectivity index (χ2v) is 7.25. The first-order valence-corrected chi connectivity index (χ1v) is 9.87. The van der Waals surface area contributed by atoms with Gasteiger partial charge in [0.05, 0.1) is 11.6 Å². The van der Waals surface area contributed by atoms with Crippen molar-refractivity contribution in [2.45, 2.75) is 40.3 Å². The van der Waals surface area contributed by atoms with E-state index < -0.39 is 5.97 Å². The van der Waals surface area contributed by atoms with Crippen molar-refractivity contribution < 1.29 is 23.6 Å². The zero-order chi connectivity index (χ0) is 22.4. The van der Waals surface area contributed by atoms with Crippen molar-refractivity contribution in [3.8, 4) is 5.75 Å². The summed E-state index contributed by atoms with van der Waals surface area (Å²) in [5.41, 5.74) is 3.66. The summed E-state index contributed by atoms with van der Waals surface area (Å²) >= 11 is 0. The molecule has 0 aliphatic carbocycles. The number of aryl methyl sites for hydroxylation is 3. The number of nitrogens with one attached hydrogen (secondary N) is 1. The van der Waals surface area contributed by atoms with Crippen LogP contribution in [0.2, 0.25) is 0 Å². The molecule has 0 radical (unpaired) electrons. The van der Waals surface area contributed by atoms with Crippen molar-refractivity contribution in [2.75, 3.05) is 6.61 Å². The molecule has 0 aliphatic rings. The average molecular weight is 423 g/mol. The van der Waals surface area contributed by atoms with Gasteiger partial charge in [-0.1, -0.05) is 23.4 Å². The first-order chi connectivity index (χ1) is 14.8. The van der Waals surface area contributed by atoms with Crippen LogP contribution in [-0.2, 0) is 16.1 Å². The summed E-state index contributed by atoms with van der Waals surface area (Å²) in [5, 5.41) is 6.58. The molecule has 1 N–H and O–H groups in total. The number of esters is 1. The number of rotatable bonds is 8. The Morgan fingerprint density at radius 3 is 2.45 bits per heavy atom. The van der Waals surface area contributed by atoms with Crippen LogP contribution in [-0.4, -0.2) is 28.6 Å². The third kappa shape index (κ3) is 6.15. The van der Waals surface area contributed by atoms with E-state index in [-0.39, 0.29) is 25.2 Å². The van der Waals surface area contributed by atoms with Crippen LogP contribution in [0.3, 0.4) is 0 Å². The van der Waals surface area contributed by atoms with E-state index in [2.05, 4.69) is 15.5 Å². The Bertz CT molecular complexity index is 1060. The predicted octanol–water partition coefficient (Wildman–Crippen LogP) is 3.61. The molecule has 1 unspecified atom stereocenters. The lowest BCUT2D eigenvalue weighted by molar-refractivity contribution is -0.124. The number of hydrogen-bond donors (Lipinski definition) is 1. The fourth-order valence-electron chi connectivity index (χ4n) is 2.85. The first-order valence-electron chi connectivity index (χ1n) is 9.87. The Labute approximate surface area is 180 Å². The van der Waals surface area contributed by atoms with Gasteiger partial charge in [-0.25, -0.2) is 4.79 Å². The van der Waals surface area contributed by atoms with E-state index in [0.717, 1.165) is 11.1 Å². The van der Waals surface area contributed by atoms with Crippen molar-refractivity contribution in [1.29, 1.82) is 0 Å². The lowest BCUT2D eigenvalue weighted by Gasteiger charge is -2.16. The molecule has 8 heteroatoms. The Hall–Kier alpha value is -3.68. The lowest BCUT2D eigenvalue weighted by atomic mass is 10.0. The summed E-state index contributed by atoms with van der Waals surface area (Å²) < 4.78 is 15.5. The molecule has 1 aromatic heterocycles. The van der Waals surface area contributed by atoms with Gasteiger partial charge in [-0.3, -0.25) is 4.79 Å². The molecule has 8 nitrogen and oxygen atoms in total. The van der Waals surface area contributed by atoms with Gasteiger partial charge in [0.25, 0.3) is 5.91 Å². The minimum atomic E-state index is -0.589. The highest BCUT2D eigenvalue weighted by molar-refractivity contribution is 5.91. The van der Waals surface area contributed by atoms with Crippen molar-refractivity contribution >= 4 is 11.9 Å². The monoisotopic (exact) mass is 423 g/mol. The molecule has 1 heterocycles. The maximum Gasteiger partial charge on any atom is 0.338 e. The molecule has 2 aromatic carbocycles. The molecule has 0 aliphatic heterocycles. The predicted molar refractivity (Wildman–Crippen MR) is 113 cm³/mol. The van der Waals surface area contributed by atoms with Gasteiger partial charge >= 0.3 is 5.97 Å². The van der Waals surface area contributed by atoms with Gasteiger partial charge in [-0.05, 0) is 61.7 Å². The molecule has 0 spiro atoms. The molecule has 0 saturated carbocycles. The number of carbonyl (C=O) groups excluding carboxylic acids is 2. The molecule has 1 amide bonds. The molecular formula is C23H25N3O5. The summed E-state index contributed by atoms with van der Waals surface area (Å²) in [5.74, 6) is 0.480. The van der Waals surface area contributed by atoms with Gasteiger partial charge in [-0.2, -0.15) is 4.98 Å². The van der Waals surface area contributed by atoms with Crippen LogP contribution in [0.4, 0.5) is 0 Å². The molecule has 3 rings (SSSR count). The lowest BCUT2D eigenvalue weighted by Crippen LogP contribution is -2.31. The number of aromatic nitrogens is 2. The zero-order valence-electron chi connectivity index (χ0n) is 18.0. The minimum Gasteiger partial charge on any atom is -0.485 e. The SMILES string of the molecule is Cc1nc(COc2ccc(C(=O)OCC(=O)NC(C)c3ccc(C)c(C)c3)cc2)no1. The summed E-state index contributed by atoms with van der Waals surface area (Å²) in [6, 6.07) is 12.2. The largest absolute Gasteiger partial charge is 0.485 e. The van der Waals surface area contributed by atoms with E-state index >= 15 is 0 Å². The second kappa shape index (κ2) is 9.88. The smallest absolute Gasteiger partial charge is 0.338 e. The van der Waals surface area contributed by atoms with Crippen LogP contribution in [0.15, 0.2) is 47.0 Å². The minimum absolute atomic E-state index is 0.153.